The molecule has 1 unspecified atom stereocenters. The first kappa shape index (κ1) is 17.9. The van der Waals surface area contributed by atoms with Crippen LogP contribution in [-0.2, 0) is 4.74 Å². The molecule has 2 nitrogen and oxygen atoms in total. The Morgan fingerprint density at radius 2 is 1.50 bits per heavy atom. The summed E-state index contributed by atoms with van der Waals surface area (Å²) in [5.41, 5.74) is 0. The van der Waals surface area contributed by atoms with Gasteiger partial charge in [0.05, 0.1) is 0 Å². The molecule has 0 aliphatic heterocycles. The van der Waals surface area contributed by atoms with Crippen molar-refractivity contribution in [3.05, 3.63) is 0 Å². The molecule has 110 valence electrons. The molecule has 0 aromatic heterocycles. The smallest absolute Gasteiger partial charge is 0.0480 e. The van der Waals surface area contributed by atoms with Crippen molar-refractivity contribution in [2.45, 2.75) is 84.6 Å². The highest BCUT2D eigenvalue weighted by Crippen LogP contribution is 2.11. The zero-order valence-corrected chi connectivity index (χ0v) is 13.0. The molecule has 1 atom stereocenters. The van der Waals surface area contributed by atoms with Crippen LogP contribution in [0.3, 0.4) is 0 Å². The molecule has 0 saturated carbocycles. The van der Waals surface area contributed by atoms with E-state index in [2.05, 4.69) is 26.1 Å². The molecule has 0 heterocycles. The first-order valence-electron chi connectivity index (χ1n) is 8.16. The highest BCUT2D eigenvalue weighted by atomic mass is 16.5. The summed E-state index contributed by atoms with van der Waals surface area (Å²) in [4.78, 5) is 0. The van der Waals surface area contributed by atoms with E-state index >= 15 is 0 Å². The normalized spacial score (nSPS) is 12.8. The van der Waals surface area contributed by atoms with Crippen molar-refractivity contribution in [3.63, 3.8) is 0 Å². The highest BCUT2D eigenvalue weighted by molar-refractivity contribution is 4.65. The van der Waals surface area contributed by atoms with Gasteiger partial charge in [0.1, 0.15) is 0 Å². The fourth-order valence-corrected chi connectivity index (χ4v) is 2.35. The van der Waals surface area contributed by atoms with Gasteiger partial charge in [-0.2, -0.15) is 0 Å². The molecule has 0 aromatic carbocycles. The lowest BCUT2D eigenvalue weighted by Gasteiger charge is -2.17. The minimum absolute atomic E-state index is 0.664. The topological polar surface area (TPSA) is 21.3 Å². The Morgan fingerprint density at radius 3 is 2.11 bits per heavy atom. The van der Waals surface area contributed by atoms with Gasteiger partial charge >= 0.3 is 0 Å². The second kappa shape index (κ2) is 15.0. The van der Waals surface area contributed by atoms with Crippen LogP contribution in [0.25, 0.3) is 0 Å². The lowest BCUT2D eigenvalue weighted by atomic mass is 10.0. The molecule has 0 saturated heterocycles. The average Bonchev–Trinajstić information content (AvgIpc) is 2.38. The Labute approximate surface area is 115 Å². The Balaban J connectivity index is 3.39. The lowest BCUT2D eigenvalue weighted by Crippen LogP contribution is -2.30. The molecule has 0 bridgehead atoms. The van der Waals surface area contributed by atoms with E-state index in [1.807, 2.05) is 0 Å². The summed E-state index contributed by atoms with van der Waals surface area (Å²) in [6.45, 7) is 9.37. The van der Waals surface area contributed by atoms with Crippen molar-refractivity contribution in [1.82, 2.24) is 5.32 Å². The zero-order chi connectivity index (χ0) is 13.5. The van der Waals surface area contributed by atoms with Gasteiger partial charge in [-0.15, -0.1) is 0 Å². The summed E-state index contributed by atoms with van der Waals surface area (Å²) in [5, 5.41) is 3.57. The summed E-state index contributed by atoms with van der Waals surface area (Å²) in [7, 11) is 0. The second-order valence-corrected chi connectivity index (χ2v) is 5.15. The van der Waals surface area contributed by atoms with Crippen molar-refractivity contribution >= 4 is 0 Å². The maximum absolute atomic E-state index is 5.44. The Morgan fingerprint density at radius 1 is 0.833 bits per heavy atom. The number of hydrogen-bond donors (Lipinski definition) is 1. The fraction of sp³-hybridized carbons (Fsp3) is 1.00. The van der Waals surface area contributed by atoms with Gasteiger partial charge in [-0.05, 0) is 26.3 Å². The van der Waals surface area contributed by atoms with E-state index in [9.17, 15) is 0 Å². The molecule has 1 N–H and O–H groups in total. The summed E-state index contributed by atoms with van der Waals surface area (Å²) < 4.78 is 5.44. The Hall–Kier alpha value is -0.0800. The predicted molar refractivity (Wildman–Crippen MR) is 81.2 cm³/mol. The SMILES string of the molecule is CCCCCCCCCC(CCOCC)NCC. The number of hydrogen-bond acceptors (Lipinski definition) is 2. The van der Waals surface area contributed by atoms with Gasteiger partial charge in [0, 0.05) is 19.3 Å². The van der Waals surface area contributed by atoms with Gasteiger partial charge in [-0.25, -0.2) is 0 Å². The summed E-state index contributed by atoms with van der Waals surface area (Å²) in [6, 6.07) is 0.664. The first-order valence-corrected chi connectivity index (χ1v) is 8.16. The van der Waals surface area contributed by atoms with Gasteiger partial charge in [0.2, 0.25) is 0 Å². The van der Waals surface area contributed by atoms with Crippen LogP contribution in [0.2, 0.25) is 0 Å². The zero-order valence-electron chi connectivity index (χ0n) is 13.0. The van der Waals surface area contributed by atoms with Crippen molar-refractivity contribution in [1.29, 1.82) is 0 Å². The van der Waals surface area contributed by atoms with Crippen LogP contribution in [-0.4, -0.2) is 25.8 Å². The third-order valence-electron chi connectivity index (χ3n) is 3.46. The second-order valence-electron chi connectivity index (χ2n) is 5.15. The quantitative estimate of drug-likeness (QED) is 0.462. The largest absolute Gasteiger partial charge is 0.382 e. The Kier molecular flexibility index (Phi) is 14.9. The van der Waals surface area contributed by atoms with Crippen molar-refractivity contribution in [2.24, 2.45) is 0 Å². The number of ether oxygens (including phenoxy) is 1. The van der Waals surface area contributed by atoms with Gasteiger partial charge in [-0.3, -0.25) is 0 Å². The van der Waals surface area contributed by atoms with Gasteiger partial charge < -0.3 is 10.1 Å². The third kappa shape index (κ3) is 12.4. The minimum atomic E-state index is 0.664. The van der Waals surface area contributed by atoms with Crippen LogP contribution in [0.4, 0.5) is 0 Å². The maximum atomic E-state index is 5.44. The standard InChI is InChI=1S/C16H35NO/c1-4-7-8-9-10-11-12-13-16(17-5-2)14-15-18-6-3/h16-17H,4-15H2,1-3H3. The van der Waals surface area contributed by atoms with E-state index in [1.165, 1.54) is 51.4 Å². The maximum Gasteiger partial charge on any atom is 0.0480 e. The third-order valence-corrected chi connectivity index (χ3v) is 3.46. The van der Waals surface area contributed by atoms with E-state index in [4.69, 9.17) is 4.74 Å². The average molecular weight is 257 g/mol. The monoisotopic (exact) mass is 257 g/mol. The number of nitrogens with one attached hydrogen (secondary N) is 1. The molecule has 0 radical (unpaired) electrons. The van der Waals surface area contributed by atoms with E-state index < -0.39 is 0 Å². The fourth-order valence-electron chi connectivity index (χ4n) is 2.35. The van der Waals surface area contributed by atoms with Crippen LogP contribution in [0, 0.1) is 0 Å². The van der Waals surface area contributed by atoms with Gasteiger partial charge in [-0.1, -0.05) is 58.8 Å². The van der Waals surface area contributed by atoms with Crippen LogP contribution < -0.4 is 5.32 Å². The van der Waals surface area contributed by atoms with Gasteiger partial charge in [0.15, 0.2) is 0 Å². The first-order chi connectivity index (χ1) is 8.85. The molecule has 0 spiro atoms. The van der Waals surface area contributed by atoms with Crippen LogP contribution in [0.1, 0.15) is 78.6 Å². The number of rotatable bonds is 14. The highest BCUT2D eigenvalue weighted by Gasteiger charge is 2.06. The molecule has 0 aromatic rings. The summed E-state index contributed by atoms with van der Waals surface area (Å²) >= 11 is 0. The van der Waals surface area contributed by atoms with Crippen molar-refractivity contribution < 1.29 is 4.74 Å². The molecular weight excluding hydrogens is 222 g/mol. The van der Waals surface area contributed by atoms with Crippen molar-refractivity contribution in [2.75, 3.05) is 19.8 Å². The predicted octanol–water partition coefficient (Wildman–Crippen LogP) is 4.53. The minimum Gasteiger partial charge on any atom is -0.382 e. The van der Waals surface area contributed by atoms with E-state index in [1.54, 1.807) is 0 Å². The molecule has 0 amide bonds. The van der Waals surface area contributed by atoms with Crippen LogP contribution in [0.15, 0.2) is 0 Å². The van der Waals surface area contributed by atoms with Gasteiger partial charge in [0.25, 0.3) is 0 Å². The molecular formula is C16H35NO. The van der Waals surface area contributed by atoms with Crippen LogP contribution in [0.5, 0.6) is 0 Å². The van der Waals surface area contributed by atoms with E-state index in [0.29, 0.717) is 6.04 Å². The van der Waals surface area contributed by atoms with Crippen LogP contribution >= 0.6 is 0 Å². The molecule has 18 heavy (non-hydrogen) atoms. The molecule has 0 aliphatic rings. The Bertz CT molecular complexity index is 150. The summed E-state index contributed by atoms with van der Waals surface area (Å²) in [6.07, 6.45) is 12.3. The molecule has 0 rings (SSSR count). The van der Waals surface area contributed by atoms with Crippen molar-refractivity contribution in [3.8, 4) is 0 Å². The van der Waals surface area contributed by atoms with E-state index in [0.717, 1.165) is 26.2 Å². The molecule has 0 aliphatic carbocycles. The van der Waals surface area contributed by atoms with E-state index in [-0.39, 0.29) is 0 Å². The molecule has 0 fully saturated rings. The number of unbranched alkanes of at least 4 members (excludes halogenated alkanes) is 6. The molecule has 2 heteroatoms. The lowest BCUT2D eigenvalue weighted by molar-refractivity contribution is 0.135. The summed E-state index contributed by atoms with van der Waals surface area (Å²) in [5.74, 6) is 0.